The third kappa shape index (κ3) is 4.31. The van der Waals surface area contributed by atoms with Gasteiger partial charge in [-0.3, -0.25) is 4.79 Å². The number of carbonyl (C=O) groups is 1. The summed E-state index contributed by atoms with van der Waals surface area (Å²) in [4.78, 5) is 18.1. The second-order valence-corrected chi connectivity index (χ2v) is 6.63. The summed E-state index contributed by atoms with van der Waals surface area (Å²) in [6, 6.07) is 6.27. The summed E-state index contributed by atoms with van der Waals surface area (Å²) in [7, 11) is 0. The van der Waals surface area contributed by atoms with Crippen molar-refractivity contribution >= 4 is 34.1 Å². The number of hydrogen-bond donors (Lipinski definition) is 1. The molecule has 0 atom stereocenters. The number of thiazole rings is 1. The number of halogens is 1. The van der Waals surface area contributed by atoms with Crippen molar-refractivity contribution in [3.63, 3.8) is 0 Å². The lowest BCUT2D eigenvalue weighted by Gasteiger charge is -2.02. The summed E-state index contributed by atoms with van der Waals surface area (Å²) in [6.07, 6.45) is 0.402. The van der Waals surface area contributed by atoms with E-state index >= 15 is 0 Å². The number of nitrogens with one attached hydrogen (secondary N) is 1. The van der Waals surface area contributed by atoms with Gasteiger partial charge in [0.25, 0.3) is 0 Å². The summed E-state index contributed by atoms with van der Waals surface area (Å²) in [6.45, 7) is 3.90. The molecule has 0 saturated carbocycles. The Balaban J connectivity index is 1.76. The lowest BCUT2D eigenvalue weighted by Crippen LogP contribution is -2.11. The van der Waals surface area contributed by atoms with Crippen LogP contribution >= 0.6 is 23.1 Å². The van der Waals surface area contributed by atoms with Gasteiger partial charge in [0.05, 0.1) is 5.69 Å². The maximum Gasteiger partial charge on any atom is 0.226 e. The molecule has 0 fully saturated rings. The van der Waals surface area contributed by atoms with E-state index in [1.165, 1.54) is 35.2 Å². The van der Waals surface area contributed by atoms with Crippen LogP contribution < -0.4 is 5.32 Å². The Hall–Kier alpha value is -1.40. The van der Waals surface area contributed by atoms with Crippen LogP contribution in [0.3, 0.4) is 0 Å². The Morgan fingerprint density at radius 3 is 2.65 bits per heavy atom. The molecular weight excluding hydrogens is 295 g/mol. The number of rotatable bonds is 5. The molecule has 0 radical (unpaired) electrons. The maximum atomic E-state index is 12.7. The third-order valence-electron chi connectivity index (χ3n) is 2.69. The number of nitrogens with zero attached hydrogens (tertiary/aromatic N) is 1. The van der Waals surface area contributed by atoms with E-state index in [-0.39, 0.29) is 11.7 Å². The average molecular weight is 310 g/mol. The van der Waals surface area contributed by atoms with Crippen LogP contribution in [0.1, 0.15) is 17.0 Å². The molecule has 2 rings (SSSR count). The molecule has 2 aromatic rings. The van der Waals surface area contributed by atoms with Crippen molar-refractivity contribution in [3.8, 4) is 0 Å². The van der Waals surface area contributed by atoms with Gasteiger partial charge in [0.1, 0.15) is 5.82 Å². The van der Waals surface area contributed by atoms with Crippen LogP contribution in [-0.2, 0) is 4.79 Å². The van der Waals surface area contributed by atoms with Gasteiger partial charge in [-0.05, 0) is 38.1 Å². The van der Waals surface area contributed by atoms with E-state index in [9.17, 15) is 9.18 Å². The fourth-order valence-electron chi connectivity index (χ4n) is 1.50. The minimum Gasteiger partial charge on any atom is -0.302 e. The van der Waals surface area contributed by atoms with Gasteiger partial charge in [0.2, 0.25) is 5.91 Å². The highest BCUT2D eigenvalue weighted by Crippen LogP contribution is 2.22. The Morgan fingerprint density at radius 1 is 1.35 bits per heavy atom. The molecule has 6 heteroatoms. The zero-order valence-electron chi connectivity index (χ0n) is 11.3. The number of amides is 1. The van der Waals surface area contributed by atoms with E-state index in [1.807, 2.05) is 13.8 Å². The minimum absolute atomic E-state index is 0.0478. The first-order chi connectivity index (χ1) is 9.54. The average Bonchev–Trinajstić information content (AvgIpc) is 2.70. The number of benzene rings is 1. The standard InChI is InChI=1S/C14H15FN2OS2/c1-9-10(2)20-14(16-9)17-13(18)7-8-19-12-5-3-11(15)4-6-12/h3-6H,7-8H2,1-2H3,(H,16,17,18). The van der Waals surface area contributed by atoms with Crippen molar-refractivity contribution in [2.24, 2.45) is 0 Å². The molecule has 3 nitrogen and oxygen atoms in total. The Kier molecular flexibility index (Phi) is 5.14. The highest BCUT2D eigenvalue weighted by molar-refractivity contribution is 7.99. The third-order valence-corrected chi connectivity index (χ3v) is 4.69. The van der Waals surface area contributed by atoms with E-state index in [4.69, 9.17) is 0 Å². The number of thioether (sulfide) groups is 1. The predicted molar refractivity (Wildman–Crippen MR) is 82.0 cm³/mol. The van der Waals surface area contributed by atoms with Gasteiger partial charge in [-0.25, -0.2) is 9.37 Å². The predicted octanol–water partition coefficient (Wildman–Crippen LogP) is 4.02. The summed E-state index contributed by atoms with van der Waals surface area (Å²) in [5.41, 5.74) is 0.950. The van der Waals surface area contributed by atoms with Crippen LogP contribution in [0.4, 0.5) is 9.52 Å². The van der Waals surface area contributed by atoms with Crippen LogP contribution in [0, 0.1) is 19.7 Å². The van der Waals surface area contributed by atoms with Crippen molar-refractivity contribution in [1.29, 1.82) is 0 Å². The molecule has 20 heavy (non-hydrogen) atoms. The van der Waals surface area contributed by atoms with Gasteiger partial charge >= 0.3 is 0 Å². The number of aryl methyl sites for hydroxylation is 2. The first-order valence-corrected chi connectivity index (χ1v) is 7.97. The molecule has 0 bridgehead atoms. The number of anilines is 1. The van der Waals surface area contributed by atoms with Gasteiger partial charge in [-0.2, -0.15) is 0 Å². The van der Waals surface area contributed by atoms with Crippen molar-refractivity contribution in [1.82, 2.24) is 4.98 Å². The lowest BCUT2D eigenvalue weighted by molar-refractivity contribution is -0.115. The topological polar surface area (TPSA) is 42.0 Å². The minimum atomic E-state index is -0.249. The Labute approximate surface area is 125 Å². The summed E-state index contributed by atoms with van der Waals surface area (Å²) in [5, 5.41) is 3.44. The van der Waals surface area contributed by atoms with Crippen molar-refractivity contribution in [3.05, 3.63) is 40.7 Å². The van der Waals surface area contributed by atoms with Crippen LogP contribution in [0.2, 0.25) is 0 Å². The molecule has 0 aliphatic heterocycles. The highest BCUT2D eigenvalue weighted by atomic mass is 32.2. The van der Waals surface area contributed by atoms with Crippen molar-refractivity contribution < 1.29 is 9.18 Å². The van der Waals surface area contributed by atoms with Gasteiger partial charge in [-0.15, -0.1) is 23.1 Å². The molecule has 0 aliphatic rings. The van der Waals surface area contributed by atoms with Gasteiger partial charge in [0.15, 0.2) is 5.13 Å². The molecule has 106 valence electrons. The smallest absolute Gasteiger partial charge is 0.226 e. The van der Waals surface area contributed by atoms with Crippen LogP contribution in [-0.4, -0.2) is 16.6 Å². The summed E-state index contributed by atoms with van der Waals surface area (Å²) < 4.78 is 12.7. The first kappa shape index (κ1) is 15.0. The van der Waals surface area contributed by atoms with Crippen LogP contribution in [0.15, 0.2) is 29.2 Å². The van der Waals surface area contributed by atoms with Crippen LogP contribution in [0.25, 0.3) is 0 Å². The van der Waals surface area contributed by atoms with E-state index in [0.29, 0.717) is 17.3 Å². The lowest BCUT2D eigenvalue weighted by atomic mass is 10.4. The van der Waals surface area contributed by atoms with E-state index in [1.54, 1.807) is 12.1 Å². The quantitative estimate of drug-likeness (QED) is 0.848. The number of hydrogen-bond acceptors (Lipinski definition) is 4. The monoisotopic (exact) mass is 310 g/mol. The van der Waals surface area contributed by atoms with Crippen LogP contribution in [0.5, 0.6) is 0 Å². The molecule has 0 aliphatic carbocycles. The molecule has 0 spiro atoms. The second kappa shape index (κ2) is 6.85. The fourth-order valence-corrected chi connectivity index (χ4v) is 3.18. The zero-order chi connectivity index (χ0) is 14.5. The molecular formula is C14H15FN2OS2. The van der Waals surface area contributed by atoms with Gasteiger partial charge in [-0.1, -0.05) is 0 Å². The van der Waals surface area contributed by atoms with Gasteiger partial charge in [0, 0.05) is 21.9 Å². The summed E-state index contributed by atoms with van der Waals surface area (Å²) >= 11 is 3.01. The van der Waals surface area contributed by atoms with E-state index in [0.717, 1.165) is 15.5 Å². The highest BCUT2D eigenvalue weighted by Gasteiger charge is 2.08. The maximum absolute atomic E-state index is 12.7. The van der Waals surface area contributed by atoms with Crippen molar-refractivity contribution in [2.45, 2.75) is 25.2 Å². The normalized spacial score (nSPS) is 10.6. The SMILES string of the molecule is Cc1nc(NC(=O)CCSc2ccc(F)cc2)sc1C. The summed E-state index contributed by atoms with van der Waals surface area (Å²) in [5.74, 6) is 0.357. The second-order valence-electron chi connectivity index (χ2n) is 4.26. The molecule has 1 aromatic carbocycles. The Bertz CT molecular complexity index is 576. The number of carbonyl (C=O) groups excluding carboxylic acids is 1. The van der Waals surface area contributed by atoms with E-state index in [2.05, 4.69) is 10.3 Å². The fraction of sp³-hybridized carbons (Fsp3) is 0.286. The molecule has 1 amide bonds. The van der Waals surface area contributed by atoms with Crippen molar-refractivity contribution in [2.75, 3.05) is 11.1 Å². The largest absolute Gasteiger partial charge is 0.302 e. The molecule has 0 saturated heterocycles. The first-order valence-electron chi connectivity index (χ1n) is 6.17. The van der Waals surface area contributed by atoms with E-state index < -0.39 is 0 Å². The zero-order valence-corrected chi connectivity index (χ0v) is 12.9. The molecule has 1 N–H and O–H groups in total. The molecule has 1 aromatic heterocycles. The van der Waals surface area contributed by atoms with Gasteiger partial charge < -0.3 is 5.32 Å². The molecule has 0 unspecified atom stereocenters. The Morgan fingerprint density at radius 2 is 2.05 bits per heavy atom. The molecule has 1 heterocycles. The number of aromatic nitrogens is 1.